The average Bonchev–Trinajstić information content (AvgIpc) is 3.18. The van der Waals surface area contributed by atoms with Crippen LogP contribution >= 0.6 is 0 Å². The van der Waals surface area contributed by atoms with Crippen molar-refractivity contribution in [3.05, 3.63) is 59.8 Å². The van der Waals surface area contributed by atoms with Crippen LogP contribution in [-0.2, 0) is 11.2 Å². The van der Waals surface area contributed by atoms with Crippen molar-refractivity contribution in [1.29, 1.82) is 0 Å². The lowest BCUT2D eigenvalue weighted by Gasteiger charge is -2.38. The summed E-state index contributed by atoms with van der Waals surface area (Å²) in [5.41, 5.74) is 4.82. The molecule has 33 heavy (non-hydrogen) atoms. The van der Waals surface area contributed by atoms with Crippen molar-refractivity contribution in [2.75, 3.05) is 38.2 Å². The van der Waals surface area contributed by atoms with Crippen molar-refractivity contribution in [2.45, 2.75) is 38.8 Å². The number of carbonyl (C=O) groups excluding carboxylic acids is 1. The lowest BCUT2D eigenvalue weighted by Crippen LogP contribution is -2.55. The molecule has 2 atom stereocenters. The van der Waals surface area contributed by atoms with E-state index in [1.165, 1.54) is 16.5 Å². The van der Waals surface area contributed by atoms with Crippen molar-refractivity contribution >= 4 is 22.5 Å². The summed E-state index contributed by atoms with van der Waals surface area (Å²) in [6.07, 6.45) is 3.82. The highest BCUT2D eigenvalue weighted by Gasteiger charge is 2.33. The number of nitrogens with one attached hydrogen (secondary N) is 2. The molecule has 1 fully saturated rings. The third-order valence-electron chi connectivity index (χ3n) is 7.04. The van der Waals surface area contributed by atoms with Gasteiger partial charge in [-0.1, -0.05) is 38.1 Å². The number of H-pyrrole nitrogens is 1. The van der Waals surface area contributed by atoms with E-state index in [0.717, 1.165) is 56.0 Å². The summed E-state index contributed by atoms with van der Waals surface area (Å²) in [6, 6.07) is 14.5. The van der Waals surface area contributed by atoms with Crippen molar-refractivity contribution in [2.24, 2.45) is 5.92 Å². The number of carbonyl (C=O) groups is 1. The van der Waals surface area contributed by atoms with Crippen molar-refractivity contribution < 1.29 is 9.53 Å². The topological polar surface area (TPSA) is 60.6 Å². The minimum Gasteiger partial charge on any atom is -0.495 e. The number of methoxy groups -OCH3 is 1. The number of hydrogen-bond donors (Lipinski definition) is 2. The lowest BCUT2D eigenvalue weighted by atomic mass is 9.94. The summed E-state index contributed by atoms with van der Waals surface area (Å²) in [4.78, 5) is 21.5. The fraction of sp³-hybridized carbons (Fsp3) is 0.444. The van der Waals surface area contributed by atoms with Gasteiger partial charge in [-0.2, -0.15) is 0 Å². The van der Waals surface area contributed by atoms with E-state index in [9.17, 15) is 4.79 Å². The average molecular weight is 447 g/mol. The first kappa shape index (κ1) is 21.8. The maximum atomic E-state index is 13.7. The molecule has 2 N–H and O–H groups in total. The van der Waals surface area contributed by atoms with Crippen molar-refractivity contribution in [3.63, 3.8) is 0 Å². The zero-order valence-corrected chi connectivity index (χ0v) is 19.8. The Balaban J connectivity index is 1.34. The molecular weight excluding hydrogens is 412 g/mol. The van der Waals surface area contributed by atoms with Gasteiger partial charge in [-0.25, -0.2) is 0 Å². The van der Waals surface area contributed by atoms with Gasteiger partial charge in [0.15, 0.2) is 0 Å². The molecule has 0 bridgehead atoms. The van der Waals surface area contributed by atoms with Crippen molar-refractivity contribution in [3.8, 4) is 5.75 Å². The highest BCUT2D eigenvalue weighted by atomic mass is 16.5. The van der Waals surface area contributed by atoms with Gasteiger partial charge in [0, 0.05) is 49.3 Å². The molecule has 1 saturated heterocycles. The summed E-state index contributed by atoms with van der Waals surface area (Å²) in [5.74, 6) is 1.64. The Labute approximate surface area is 195 Å². The molecule has 0 unspecified atom stereocenters. The molecule has 6 nitrogen and oxygen atoms in total. The van der Waals surface area contributed by atoms with Crippen LogP contribution in [0.4, 0.5) is 5.69 Å². The summed E-state index contributed by atoms with van der Waals surface area (Å²) < 4.78 is 5.54. The van der Waals surface area contributed by atoms with E-state index in [1.807, 2.05) is 23.1 Å². The fourth-order valence-electron chi connectivity index (χ4n) is 5.45. The summed E-state index contributed by atoms with van der Waals surface area (Å²) in [5, 5.41) is 5.06. The smallest absolute Gasteiger partial charge is 0.240 e. The number of aromatic nitrogens is 1. The Bertz CT molecular complexity index is 1130. The lowest BCUT2D eigenvalue weighted by molar-refractivity contribution is -0.134. The predicted molar refractivity (Wildman–Crippen MR) is 133 cm³/mol. The highest BCUT2D eigenvalue weighted by Crippen LogP contribution is 2.35. The largest absolute Gasteiger partial charge is 0.495 e. The molecule has 3 heterocycles. The van der Waals surface area contributed by atoms with Gasteiger partial charge in [0.25, 0.3) is 0 Å². The molecule has 5 rings (SSSR count). The number of piperazine rings is 1. The van der Waals surface area contributed by atoms with Gasteiger partial charge < -0.3 is 19.5 Å². The van der Waals surface area contributed by atoms with E-state index >= 15 is 0 Å². The molecule has 6 heteroatoms. The second-order valence-corrected chi connectivity index (χ2v) is 9.67. The second-order valence-electron chi connectivity index (χ2n) is 9.67. The quantitative estimate of drug-likeness (QED) is 0.619. The highest BCUT2D eigenvalue weighted by molar-refractivity contribution is 5.90. The Kier molecular flexibility index (Phi) is 6.02. The first-order chi connectivity index (χ1) is 16.0. The number of benzene rings is 2. The molecule has 0 aliphatic carbocycles. The van der Waals surface area contributed by atoms with Crippen LogP contribution in [0.15, 0.2) is 48.7 Å². The summed E-state index contributed by atoms with van der Waals surface area (Å²) >= 11 is 0. The maximum absolute atomic E-state index is 13.7. The third-order valence-corrected chi connectivity index (χ3v) is 7.04. The van der Waals surface area contributed by atoms with Gasteiger partial charge >= 0.3 is 0 Å². The third kappa shape index (κ3) is 4.20. The van der Waals surface area contributed by atoms with Crippen LogP contribution in [-0.4, -0.2) is 55.1 Å². The standard InChI is InChI=1S/C27H34N4O2/c1-18(2)15-22-20-7-6-8-21-26(20)19(17-28-21)16-23(29-22)27(32)31-13-11-30(12-14-31)24-9-4-5-10-25(24)33-3/h4-10,17-18,22-23,28-29H,11-16H2,1-3H3/t22-,23-/m0/s1. The SMILES string of the molecule is COc1ccccc1N1CCN(C(=O)[C@@H]2Cc3c[nH]c4cccc(c34)[C@H](CC(C)C)N2)CC1. The Morgan fingerprint density at radius 1 is 1.09 bits per heavy atom. The van der Waals surface area contributed by atoms with Crippen LogP contribution in [0, 0.1) is 5.92 Å². The van der Waals surface area contributed by atoms with Gasteiger partial charge in [0.05, 0.1) is 18.8 Å². The Morgan fingerprint density at radius 3 is 2.64 bits per heavy atom. The molecule has 174 valence electrons. The minimum atomic E-state index is -0.210. The first-order valence-electron chi connectivity index (χ1n) is 12.1. The molecule has 2 aromatic carbocycles. The number of para-hydroxylation sites is 2. The normalized spacial score (nSPS) is 20.8. The van der Waals surface area contributed by atoms with Gasteiger partial charge in [-0.3, -0.25) is 10.1 Å². The second kappa shape index (κ2) is 9.10. The Hall–Kier alpha value is -2.99. The van der Waals surface area contributed by atoms with E-state index in [1.54, 1.807) is 7.11 Å². The number of amides is 1. The minimum absolute atomic E-state index is 0.176. The van der Waals surface area contributed by atoms with Gasteiger partial charge in [0.1, 0.15) is 5.75 Å². The molecule has 2 aliphatic rings. The Morgan fingerprint density at radius 2 is 1.88 bits per heavy atom. The fourth-order valence-corrected chi connectivity index (χ4v) is 5.45. The molecule has 1 amide bonds. The van der Waals surface area contributed by atoms with Gasteiger partial charge in [-0.15, -0.1) is 0 Å². The van der Waals surface area contributed by atoms with Crippen LogP contribution in [0.25, 0.3) is 10.9 Å². The van der Waals surface area contributed by atoms with Crippen LogP contribution in [0.5, 0.6) is 5.75 Å². The molecule has 1 aromatic heterocycles. The van der Waals surface area contributed by atoms with E-state index < -0.39 is 0 Å². The zero-order chi connectivity index (χ0) is 22.9. The summed E-state index contributed by atoms with van der Waals surface area (Å²) in [6.45, 7) is 7.56. The van der Waals surface area contributed by atoms with Gasteiger partial charge in [0.2, 0.25) is 5.91 Å². The number of ether oxygens (including phenoxy) is 1. The van der Waals surface area contributed by atoms with Crippen LogP contribution in [0.2, 0.25) is 0 Å². The number of rotatable bonds is 5. The molecular formula is C27H34N4O2. The van der Waals surface area contributed by atoms with E-state index in [4.69, 9.17) is 4.74 Å². The molecule has 3 aromatic rings. The predicted octanol–water partition coefficient (Wildman–Crippen LogP) is 4.13. The van der Waals surface area contributed by atoms with Crippen molar-refractivity contribution in [1.82, 2.24) is 15.2 Å². The van der Waals surface area contributed by atoms with E-state index in [2.05, 4.69) is 59.5 Å². The zero-order valence-electron chi connectivity index (χ0n) is 19.8. The number of anilines is 1. The van der Waals surface area contributed by atoms with Crippen LogP contribution in [0.3, 0.4) is 0 Å². The van der Waals surface area contributed by atoms with E-state index in [-0.39, 0.29) is 18.0 Å². The molecule has 0 radical (unpaired) electrons. The molecule has 0 saturated carbocycles. The number of hydrogen-bond acceptors (Lipinski definition) is 4. The monoisotopic (exact) mass is 446 g/mol. The van der Waals surface area contributed by atoms with Crippen LogP contribution in [0.1, 0.15) is 37.4 Å². The first-order valence-corrected chi connectivity index (χ1v) is 12.1. The summed E-state index contributed by atoms with van der Waals surface area (Å²) in [7, 11) is 1.71. The van der Waals surface area contributed by atoms with Gasteiger partial charge in [-0.05, 0) is 48.1 Å². The number of aromatic amines is 1. The molecule has 0 spiro atoms. The molecule has 2 aliphatic heterocycles. The van der Waals surface area contributed by atoms with E-state index in [0.29, 0.717) is 5.92 Å². The maximum Gasteiger partial charge on any atom is 0.240 e. The number of nitrogens with zero attached hydrogens (tertiary/aromatic N) is 2. The van der Waals surface area contributed by atoms with Crippen LogP contribution < -0.4 is 15.0 Å².